The van der Waals surface area contributed by atoms with Crippen LogP contribution in [0.4, 0.5) is 5.82 Å². The van der Waals surface area contributed by atoms with Crippen LogP contribution in [-0.4, -0.2) is 47.2 Å². The number of hydrogen-bond donors (Lipinski definition) is 1. The number of nitrogens with one attached hydrogen (secondary N) is 1. The molecule has 0 radical (unpaired) electrons. The molecule has 1 aromatic carbocycles. The van der Waals surface area contributed by atoms with E-state index in [2.05, 4.69) is 39.5 Å². The summed E-state index contributed by atoms with van der Waals surface area (Å²) < 4.78 is 0. The van der Waals surface area contributed by atoms with E-state index < -0.39 is 0 Å². The fourth-order valence-corrected chi connectivity index (χ4v) is 3.92. The maximum absolute atomic E-state index is 12.8. The van der Waals surface area contributed by atoms with Gasteiger partial charge in [-0.25, -0.2) is 0 Å². The Bertz CT molecular complexity index is 908. The normalized spacial score (nSPS) is 14.7. The molecule has 0 aliphatic carbocycles. The van der Waals surface area contributed by atoms with Gasteiger partial charge in [0, 0.05) is 37.8 Å². The Morgan fingerprint density at radius 2 is 1.88 bits per heavy atom. The number of anilines is 1. The molecule has 1 fully saturated rings. The Kier molecular flexibility index (Phi) is 4.51. The molecule has 0 atom stereocenters. The Balaban J connectivity index is 1.41. The molecule has 2 aromatic heterocycles. The van der Waals surface area contributed by atoms with Crippen LogP contribution in [-0.2, 0) is 0 Å². The zero-order valence-electron chi connectivity index (χ0n) is 15.0. The molecule has 4 rings (SSSR count). The molecule has 1 amide bonds. The van der Waals surface area contributed by atoms with E-state index in [1.165, 1.54) is 10.4 Å². The predicted octanol–water partition coefficient (Wildman–Crippen LogP) is 3.72. The highest BCUT2D eigenvalue weighted by Gasteiger charge is 2.23. The summed E-state index contributed by atoms with van der Waals surface area (Å²) >= 11 is 1.70. The first-order valence-corrected chi connectivity index (χ1v) is 9.70. The molecule has 5 nitrogen and oxygen atoms in total. The molecular formula is C20H22N4OS. The minimum atomic E-state index is 0.119. The third-order valence-electron chi connectivity index (χ3n) is 5.00. The van der Waals surface area contributed by atoms with Gasteiger partial charge in [0.2, 0.25) is 0 Å². The van der Waals surface area contributed by atoms with Crippen molar-refractivity contribution in [1.29, 1.82) is 0 Å². The molecular weight excluding hydrogens is 344 g/mol. The summed E-state index contributed by atoms with van der Waals surface area (Å²) in [5.74, 6) is 1.07. The molecule has 0 unspecified atom stereocenters. The molecule has 3 aromatic rings. The topological polar surface area (TPSA) is 52.2 Å². The predicted molar refractivity (Wildman–Crippen MR) is 106 cm³/mol. The number of rotatable bonds is 3. The molecule has 0 bridgehead atoms. The third-order valence-corrected chi connectivity index (χ3v) is 5.90. The van der Waals surface area contributed by atoms with Crippen LogP contribution >= 0.6 is 11.3 Å². The van der Waals surface area contributed by atoms with Gasteiger partial charge in [-0.3, -0.25) is 9.89 Å². The molecule has 26 heavy (non-hydrogen) atoms. The van der Waals surface area contributed by atoms with Crippen LogP contribution < -0.4 is 4.90 Å². The van der Waals surface area contributed by atoms with Gasteiger partial charge in [0.15, 0.2) is 5.82 Å². The summed E-state index contributed by atoms with van der Waals surface area (Å²) in [5.41, 5.74) is 4.20. The van der Waals surface area contributed by atoms with Crippen molar-refractivity contribution >= 4 is 23.1 Å². The molecule has 6 heteroatoms. The zero-order valence-corrected chi connectivity index (χ0v) is 15.8. The third kappa shape index (κ3) is 3.24. The number of hydrogen-bond acceptors (Lipinski definition) is 4. The molecule has 1 saturated heterocycles. The molecule has 1 N–H and O–H groups in total. The number of thiophene rings is 1. The van der Waals surface area contributed by atoms with E-state index in [4.69, 9.17) is 0 Å². The minimum absolute atomic E-state index is 0.119. The molecule has 0 saturated carbocycles. The maximum Gasteiger partial charge on any atom is 0.253 e. The standard InChI is InChI=1S/C20H22N4OS/c1-14-5-6-16(12-15(14)2)20(25)24-9-7-23(8-10-24)19-13-17(21-22-19)18-4-3-11-26-18/h3-6,11-13H,7-10H2,1-2H3,(H,21,22). The second kappa shape index (κ2) is 6.96. The summed E-state index contributed by atoms with van der Waals surface area (Å²) in [4.78, 5) is 18.1. The molecule has 3 heterocycles. The Hall–Kier alpha value is -2.60. The number of H-pyrrole nitrogens is 1. The lowest BCUT2D eigenvalue weighted by Crippen LogP contribution is -2.49. The number of aromatic nitrogens is 2. The highest BCUT2D eigenvalue weighted by atomic mass is 32.1. The van der Waals surface area contributed by atoms with Gasteiger partial charge in [-0.2, -0.15) is 5.10 Å². The van der Waals surface area contributed by atoms with Crippen LogP contribution in [0, 0.1) is 13.8 Å². The maximum atomic E-state index is 12.8. The Morgan fingerprint density at radius 3 is 2.58 bits per heavy atom. The molecule has 1 aliphatic heterocycles. The van der Waals surface area contributed by atoms with Crippen LogP contribution in [0.3, 0.4) is 0 Å². The van der Waals surface area contributed by atoms with E-state index in [0.29, 0.717) is 13.1 Å². The lowest BCUT2D eigenvalue weighted by molar-refractivity contribution is 0.0746. The second-order valence-corrected chi connectivity index (χ2v) is 7.64. The Morgan fingerprint density at radius 1 is 1.08 bits per heavy atom. The number of piperazine rings is 1. The van der Waals surface area contributed by atoms with Crippen molar-refractivity contribution in [3.05, 3.63) is 58.5 Å². The fourth-order valence-electron chi connectivity index (χ4n) is 3.23. The highest BCUT2D eigenvalue weighted by Crippen LogP contribution is 2.26. The highest BCUT2D eigenvalue weighted by molar-refractivity contribution is 7.13. The van der Waals surface area contributed by atoms with E-state index >= 15 is 0 Å². The number of benzene rings is 1. The van der Waals surface area contributed by atoms with Gasteiger partial charge in [-0.05, 0) is 48.6 Å². The van der Waals surface area contributed by atoms with Gasteiger partial charge in [0.25, 0.3) is 5.91 Å². The quantitative estimate of drug-likeness (QED) is 0.769. The van der Waals surface area contributed by atoms with Crippen molar-refractivity contribution in [1.82, 2.24) is 15.1 Å². The monoisotopic (exact) mass is 366 g/mol. The SMILES string of the molecule is Cc1ccc(C(=O)N2CCN(c3cc(-c4cccs4)[nH]n3)CC2)cc1C. The summed E-state index contributed by atoms with van der Waals surface area (Å²) in [7, 11) is 0. The summed E-state index contributed by atoms with van der Waals surface area (Å²) in [6.07, 6.45) is 0. The van der Waals surface area contributed by atoms with Crippen molar-refractivity contribution in [2.24, 2.45) is 0 Å². The number of aromatic amines is 1. The first-order valence-electron chi connectivity index (χ1n) is 8.82. The summed E-state index contributed by atoms with van der Waals surface area (Å²) in [6.45, 7) is 7.14. The number of amides is 1. The van der Waals surface area contributed by atoms with Crippen molar-refractivity contribution < 1.29 is 4.79 Å². The number of carbonyl (C=O) groups is 1. The lowest BCUT2D eigenvalue weighted by atomic mass is 10.1. The molecule has 134 valence electrons. The van der Waals surface area contributed by atoms with Gasteiger partial charge < -0.3 is 9.80 Å². The van der Waals surface area contributed by atoms with Crippen LogP contribution in [0.15, 0.2) is 41.8 Å². The largest absolute Gasteiger partial charge is 0.352 e. The van der Waals surface area contributed by atoms with Gasteiger partial charge in [-0.1, -0.05) is 12.1 Å². The van der Waals surface area contributed by atoms with E-state index in [-0.39, 0.29) is 5.91 Å². The smallest absolute Gasteiger partial charge is 0.253 e. The number of nitrogens with zero attached hydrogens (tertiary/aromatic N) is 3. The average molecular weight is 366 g/mol. The van der Waals surface area contributed by atoms with Crippen molar-refractivity contribution in [3.63, 3.8) is 0 Å². The van der Waals surface area contributed by atoms with E-state index in [0.717, 1.165) is 35.7 Å². The minimum Gasteiger partial charge on any atom is -0.352 e. The summed E-state index contributed by atoms with van der Waals surface area (Å²) in [5, 5.41) is 9.63. The second-order valence-electron chi connectivity index (χ2n) is 6.70. The van der Waals surface area contributed by atoms with Crippen LogP contribution in [0.5, 0.6) is 0 Å². The molecule has 1 aliphatic rings. The first kappa shape index (κ1) is 16.8. The van der Waals surface area contributed by atoms with Crippen LogP contribution in [0.2, 0.25) is 0 Å². The fraction of sp³-hybridized carbons (Fsp3) is 0.300. The van der Waals surface area contributed by atoms with Gasteiger partial charge in [-0.15, -0.1) is 11.3 Å². The average Bonchev–Trinajstić information content (AvgIpc) is 3.35. The number of carbonyl (C=O) groups excluding carboxylic acids is 1. The van der Waals surface area contributed by atoms with Crippen molar-refractivity contribution in [3.8, 4) is 10.6 Å². The van der Waals surface area contributed by atoms with Gasteiger partial charge in [0.05, 0.1) is 10.6 Å². The van der Waals surface area contributed by atoms with Crippen LogP contribution in [0.25, 0.3) is 10.6 Å². The zero-order chi connectivity index (χ0) is 18.1. The van der Waals surface area contributed by atoms with E-state index in [1.807, 2.05) is 36.1 Å². The van der Waals surface area contributed by atoms with E-state index in [9.17, 15) is 4.79 Å². The summed E-state index contributed by atoms with van der Waals surface area (Å²) in [6, 6.07) is 12.2. The molecule has 0 spiro atoms. The Labute approximate surface area is 157 Å². The van der Waals surface area contributed by atoms with Gasteiger partial charge >= 0.3 is 0 Å². The van der Waals surface area contributed by atoms with Crippen LogP contribution in [0.1, 0.15) is 21.5 Å². The first-order chi connectivity index (χ1) is 12.6. The number of aryl methyl sites for hydroxylation is 2. The van der Waals surface area contributed by atoms with Crippen molar-refractivity contribution in [2.75, 3.05) is 31.1 Å². The van der Waals surface area contributed by atoms with Crippen molar-refractivity contribution in [2.45, 2.75) is 13.8 Å². The van der Waals surface area contributed by atoms with Gasteiger partial charge in [0.1, 0.15) is 0 Å². The lowest BCUT2D eigenvalue weighted by Gasteiger charge is -2.34. The van der Waals surface area contributed by atoms with E-state index in [1.54, 1.807) is 11.3 Å².